The maximum absolute atomic E-state index is 10.9. The zero-order valence-electron chi connectivity index (χ0n) is 9.64. The van der Waals surface area contributed by atoms with E-state index in [1.165, 1.54) is 0 Å². The number of carboxylic acid groups (broad SMARTS) is 1. The molecule has 90 valence electrons. The summed E-state index contributed by atoms with van der Waals surface area (Å²) in [4.78, 5) is 15.3. The summed E-state index contributed by atoms with van der Waals surface area (Å²) in [5, 5.41) is 8.94. The predicted molar refractivity (Wildman–Crippen MR) is 68.4 cm³/mol. The molecule has 0 unspecified atom stereocenters. The molecule has 17 heavy (non-hydrogen) atoms. The van der Waals surface area contributed by atoms with Crippen LogP contribution in [0.3, 0.4) is 0 Å². The van der Waals surface area contributed by atoms with Crippen molar-refractivity contribution in [3.8, 4) is 0 Å². The largest absolute Gasteiger partial charge is 0.478 e. The first kappa shape index (κ1) is 12.1. The van der Waals surface area contributed by atoms with E-state index in [0.29, 0.717) is 10.5 Å². The van der Waals surface area contributed by atoms with E-state index >= 15 is 0 Å². The van der Waals surface area contributed by atoms with E-state index in [-0.39, 0.29) is 5.56 Å². The van der Waals surface area contributed by atoms with Crippen LogP contribution in [0.4, 0.5) is 0 Å². The fourth-order valence-electron chi connectivity index (χ4n) is 1.75. The molecule has 0 aromatic carbocycles. The van der Waals surface area contributed by atoms with E-state index in [0.717, 1.165) is 17.8 Å². The van der Waals surface area contributed by atoms with Gasteiger partial charge in [0.15, 0.2) is 0 Å². The number of halogens is 1. The molecule has 0 amide bonds. The Morgan fingerprint density at radius 2 is 2.29 bits per heavy atom. The third-order valence-corrected chi connectivity index (χ3v) is 3.09. The predicted octanol–water partition coefficient (Wildman–Crippen LogP) is 2.99. The van der Waals surface area contributed by atoms with Gasteiger partial charge >= 0.3 is 5.97 Å². The fourth-order valence-corrected chi connectivity index (χ4v) is 2.26. The van der Waals surface area contributed by atoms with Crippen LogP contribution >= 0.6 is 15.9 Å². The number of hydrogen-bond donors (Lipinski definition) is 1. The molecule has 1 N–H and O–H groups in total. The van der Waals surface area contributed by atoms with Crippen molar-refractivity contribution in [2.45, 2.75) is 20.3 Å². The fraction of sp³-hybridized carbons (Fsp3) is 0.333. The van der Waals surface area contributed by atoms with Crippen LogP contribution < -0.4 is 0 Å². The molecule has 2 aromatic rings. The highest BCUT2D eigenvalue weighted by Crippen LogP contribution is 2.21. The Balaban J connectivity index is 2.57. The molecular weight excluding hydrogens is 284 g/mol. The average molecular weight is 297 g/mol. The van der Waals surface area contributed by atoms with Crippen LogP contribution in [0.25, 0.3) is 5.52 Å². The number of rotatable bonds is 3. The van der Waals surface area contributed by atoms with Crippen molar-refractivity contribution in [3.63, 3.8) is 0 Å². The molecule has 0 aliphatic carbocycles. The second kappa shape index (κ2) is 4.49. The third kappa shape index (κ3) is 2.34. The number of aromatic carboxylic acids is 1. The number of nitrogens with zero attached hydrogens (tertiary/aromatic N) is 2. The molecule has 0 aliphatic heterocycles. The Morgan fingerprint density at radius 1 is 1.59 bits per heavy atom. The van der Waals surface area contributed by atoms with E-state index < -0.39 is 5.97 Å². The van der Waals surface area contributed by atoms with Gasteiger partial charge in [0, 0.05) is 12.6 Å². The first-order chi connectivity index (χ1) is 7.99. The molecule has 0 bridgehead atoms. The van der Waals surface area contributed by atoms with Gasteiger partial charge in [-0.1, -0.05) is 13.8 Å². The lowest BCUT2D eigenvalue weighted by Gasteiger charge is -2.04. The zero-order valence-corrected chi connectivity index (χ0v) is 11.2. The highest BCUT2D eigenvalue weighted by molar-refractivity contribution is 9.10. The van der Waals surface area contributed by atoms with Crippen LogP contribution in [0.2, 0.25) is 0 Å². The number of fused-ring (bicyclic) bond motifs is 1. The van der Waals surface area contributed by atoms with Crippen molar-refractivity contribution in [1.82, 2.24) is 9.38 Å². The van der Waals surface area contributed by atoms with Gasteiger partial charge in [0.25, 0.3) is 0 Å². The standard InChI is InChI=1S/C12H13BrN2O2/c1-7(2)5-10-14-11(13)9-6-8(12(16)17)3-4-15(9)10/h3-4,6-7H,5H2,1-2H3,(H,16,17). The minimum atomic E-state index is -0.925. The SMILES string of the molecule is CC(C)Cc1nc(Br)c2cc(C(=O)O)ccn12. The van der Waals surface area contributed by atoms with Crippen molar-refractivity contribution in [2.24, 2.45) is 5.92 Å². The maximum Gasteiger partial charge on any atom is 0.335 e. The van der Waals surface area contributed by atoms with Gasteiger partial charge in [-0.15, -0.1) is 0 Å². The van der Waals surface area contributed by atoms with E-state index in [1.54, 1.807) is 18.3 Å². The summed E-state index contributed by atoms with van der Waals surface area (Å²) in [6, 6.07) is 3.22. The van der Waals surface area contributed by atoms with Gasteiger partial charge in [-0.3, -0.25) is 0 Å². The average Bonchev–Trinajstić information content (AvgIpc) is 2.54. The van der Waals surface area contributed by atoms with Crippen molar-refractivity contribution in [2.75, 3.05) is 0 Å². The summed E-state index contributed by atoms with van der Waals surface area (Å²) in [5.74, 6) is 0.525. The molecule has 2 rings (SSSR count). The molecule has 0 atom stereocenters. The number of hydrogen-bond acceptors (Lipinski definition) is 2. The van der Waals surface area contributed by atoms with Crippen LogP contribution in [0.15, 0.2) is 22.9 Å². The van der Waals surface area contributed by atoms with E-state index in [4.69, 9.17) is 5.11 Å². The first-order valence-corrected chi connectivity index (χ1v) is 6.18. The molecule has 0 aliphatic rings. The zero-order chi connectivity index (χ0) is 12.6. The molecule has 0 spiro atoms. The lowest BCUT2D eigenvalue weighted by molar-refractivity contribution is 0.0697. The van der Waals surface area contributed by atoms with Crippen molar-refractivity contribution in [1.29, 1.82) is 0 Å². The minimum Gasteiger partial charge on any atom is -0.478 e. The topological polar surface area (TPSA) is 54.6 Å². The van der Waals surface area contributed by atoms with Crippen molar-refractivity contribution in [3.05, 3.63) is 34.3 Å². The number of imidazole rings is 1. The number of aromatic nitrogens is 2. The molecule has 0 saturated carbocycles. The molecule has 4 nitrogen and oxygen atoms in total. The Labute approximate surface area is 107 Å². The van der Waals surface area contributed by atoms with E-state index in [2.05, 4.69) is 34.8 Å². The lowest BCUT2D eigenvalue weighted by Crippen LogP contribution is -2.02. The van der Waals surface area contributed by atoms with Crippen molar-refractivity contribution >= 4 is 27.4 Å². The van der Waals surface area contributed by atoms with Gasteiger partial charge in [-0.05, 0) is 34.0 Å². The Hall–Kier alpha value is -1.36. The van der Waals surface area contributed by atoms with Crippen LogP contribution in [-0.2, 0) is 6.42 Å². The van der Waals surface area contributed by atoms with Gasteiger partial charge in [-0.2, -0.15) is 0 Å². The van der Waals surface area contributed by atoms with Gasteiger partial charge in [0.05, 0.1) is 11.1 Å². The molecule has 5 heteroatoms. The highest BCUT2D eigenvalue weighted by Gasteiger charge is 2.12. The summed E-state index contributed by atoms with van der Waals surface area (Å²) < 4.78 is 2.62. The molecular formula is C12H13BrN2O2. The summed E-state index contributed by atoms with van der Waals surface area (Å²) in [5.41, 5.74) is 1.06. The maximum atomic E-state index is 10.9. The minimum absolute atomic E-state index is 0.272. The molecule has 0 fully saturated rings. The molecule has 0 radical (unpaired) electrons. The Kier molecular flexibility index (Phi) is 3.19. The van der Waals surface area contributed by atoms with Crippen LogP contribution in [0, 0.1) is 5.92 Å². The summed E-state index contributed by atoms with van der Waals surface area (Å²) in [7, 11) is 0. The summed E-state index contributed by atoms with van der Waals surface area (Å²) in [6.07, 6.45) is 2.62. The number of carbonyl (C=O) groups is 1. The molecule has 0 saturated heterocycles. The van der Waals surface area contributed by atoms with E-state index in [9.17, 15) is 4.79 Å². The summed E-state index contributed by atoms with van der Waals surface area (Å²) in [6.45, 7) is 4.25. The highest BCUT2D eigenvalue weighted by atomic mass is 79.9. The van der Waals surface area contributed by atoms with Crippen molar-refractivity contribution < 1.29 is 9.90 Å². The van der Waals surface area contributed by atoms with Gasteiger partial charge in [0.2, 0.25) is 0 Å². The number of carboxylic acids is 1. The van der Waals surface area contributed by atoms with Crippen LogP contribution in [-0.4, -0.2) is 20.5 Å². The van der Waals surface area contributed by atoms with Crippen LogP contribution in [0.5, 0.6) is 0 Å². The second-order valence-corrected chi connectivity index (χ2v) is 5.14. The second-order valence-electron chi connectivity index (χ2n) is 4.39. The van der Waals surface area contributed by atoms with Gasteiger partial charge in [0.1, 0.15) is 10.4 Å². The first-order valence-electron chi connectivity index (χ1n) is 5.39. The summed E-state index contributed by atoms with van der Waals surface area (Å²) >= 11 is 3.37. The monoisotopic (exact) mass is 296 g/mol. The smallest absolute Gasteiger partial charge is 0.335 e. The quantitative estimate of drug-likeness (QED) is 0.947. The van der Waals surface area contributed by atoms with E-state index in [1.807, 2.05) is 4.40 Å². The number of pyridine rings is 1. The molecule has 2 heterocycles. The van der Waals surface area contributed by atoms with Gasteiger partial charge in [-0.25, -0.2) is 9.78 Å². The normalized spacial score (nSPS) is 11.3. The molecule has 2 aromatic heterocycles. The van der Waals surface area contributed by atoms with Crippen LogP contribution in [0.1, 0.15) is 30.0 Å². The lowest BCUT2D eigenvalue weighted by atomic mass is 10.1. The Morgan fingerprint density at radius 3 is 2.88 bits per heavy atom. The third-order valence-electron chi connectivity index (χ3n) is 2.51. The van der Waals surface area contributed by atoms with Gasteiger partial charge < -0.3 is 9.51 Å². The Bertz CT molecular complexity index is 575.